The highest BCUT2D eigenvalue weighted by Gasteiger charge is 2.95. The van der Waals surface area contributed by atoms with Gasteiger partial charge in [0.15, 0.2) is 0 Å². The zero-order chi connectivity index (χ0) is 17.9. The topological polar surface area (TPSA) is 72.8 Å². The Balaban J connectivity index is 1.85. The van der Waals surface area contributed by atoms with Crippen molar-refractivity contribution in [3.63, 3.8) is 0 Å². The van der Waals surface area contributed by atoms with Crippen LogP contribution in [0.2, 0.25) is 0 Å². The first-order valence-electron chi connectivity index (χ1n) is 8.97. The molecule has 0 radical (unpaired) electrons. The van der Waals surface area contributed by atoms with E-state index in [1.165, 1.54) is 13.8 Å². The molecule has 4 bridgehead atoms. The first-order valence-corrected chi connectivity index (χ1v) is 8.97. The van der Waals surface area contributed by atoms with Crippen molar-refractivity contribution in [3.05, 3.63) is 0 Å². The molecule has 0 aromatic rings. The zero-order valence-electron chi connectivity index (χ0n) is 15.4. The number of carbonyl (C=O) groups is 2. The van der Waals surface area contributed by atoms with Crippen LogP contribution in [0.1, 0.15) is 54.4 Å². The van der Waals surface area contributed by atoms with E-state index in [-0.39, 0.29) is 34.3 Å². The highest BCUT2D eigenvalue weighted by Crippen LogP contribution is 2.94. The highest BCUT2D eigenvalue weighted by atomic mass is 16.6. The van der Waals surface area contributed by atoms with Crippen molar-refractivity contribution in [2.45, 2.75) is 72.7 Å². The van der Waals surface area contributed by atoms with Crippen LogP contribution in [0.15, 0.2) is 0 Å². The predicted octanol–water partition coefficient (Wildman–Crippen LogP) is 2.30. The number of ether oxygens (including phenoxy) is 2. The largest absolute Gasteiger partial charge is 0.461 e. The van der Waals surface area contributed by atoms with E-state index in [4.69, 9.17) is 9.47 Å². The molecule has 5 heteroatoms. The number of hydrogen-bond acceptors (Lipinski definition) is 5. The number of aliphatic hydroxyl groups is 1. The van der Waals surface area contributed by atoms with Crippen LogP contribution < -0.4 is 0 Å². The van der Waals surface area contributed by atoms with Gasteiger partial charge in [-0.3, -0.25) is 9.59 Å². The van der Waals surface area contributed by atoms with E-state index in [1.807, 2.05) is 0 Å². The molecule has 5 aliphatic rings. The summed E-state index contributed by atoms with van der Waals surface area (Å²) >= 11 is 0. The Morgan fingerprint density at radius 1 is 1.00 bits per heavy atom. The Labute approximate surface area is 143 Å². The number of aliphatic hydroxyl groups excluding tert-OH is 1. The van der Waals surface area contributed by atoms with Gasteiger partial charge >= 0.3 is 11.9 Å². The summed E-state index contributed by atoms with van der Waals surface area (Å²) in [5, 5.41) is 10.8. The van der Waals surface area contributed by atoms with Crippen molar-refractivity contribution < 1.29 is 24.2 Å². The lowest BCUT2D eigenvalue weighted by molar-refractivity contribution is -0.237. The van der Waals surface area contributed by atoms with E-state index in [0.29, 0.717) is 18.3 Å². The average Bonchev–Trinajstić information content (AvgIpc) is 2.70. The second-order valence-electron chi connectivity index (χ2n) is 9.56. The van der Waals surface area contributed by atoms with Gasteiger partial charge in [-0.1, -0.05) is 27.7 Å². The summed E-state index contributed by atoms with van der Waals surface area (Å²) in [6.07, 6.45) is 0.175. The molecule has 1 N–H and O–H groups in total. The number of carbonyl (C=O) groups excluding carboxylic acids is 2. The maximum Gasteiger partial charge on any atom is 0.303 e. The van der Waals surface area contributed by atoms with Crippen molar-refractivity contribution in [1.82, 2.24) is 0 Å². The van der Waals surface area contributed by atoms with Crippen LogP contribution in [0.5, 0.6) is 0 Å². The van der Waals surface area contributed by atoms with Gasteiger partial charge in [0.1, 0.15) is 12.2 Å². The van der Waals surface area contributed by atoms with Crippen LogP contribution in [0.4, 0.5) is 0 Å². The Morgan fingerprint density at radius 2 is 1.58 bits per heavy atom. The molecule has 5 saturated carbocycles. The van der Waals surface area contributed by atoms with Crippen LogP contribution in [0.25, 0.3) is 0 Å². The van der Waals surface area contributed by atoms with Crippen molar-refractivity contribution in [2.75, 3.05) is 0 Å². The molecule has 0 aliphatic heterocycles. The molecular formula is C19H28O5. The fraction of sp³-hybridized carbons (Fsp3) is 0.895. The van der Waals surface area contributed by atoms with Gasteiger partial charge in [-0.05, 0) is 30.1 Å². The molecule has 0 saturated heterocycles. The molecule has 0 aromatic carbocycles. The fourth-order valence-electron chi connectivity index (χ4n) is 7.97. The van der Waals surface area contributed by atoms with Crippen LogP contribution in [-0.4, -0.2) is 35.4 Å². The van der Waals surface area contributed by atoms with Crippen molar-refractivity contribution in [2.24, 2.45) is 33.5 Å². The third-order valence-electron chi connectivity index (χ3n) is 8.44. The van der Waals surface area contributed by atoms with E-state index < -0.39 is 17.6 Å². The summed E-state index contributed by atoms with van der Waals surface area (Å²) in [4.78, 5) is 23.5. The normalized spacial score (nSPS) is 55.7. The zero-order valence-corrected chi connectivity index (χ0v) is 15.4. The number of rotatable bonds is 2. The Bertz CT molecular complexity index is 642. The third kappa shape index (κ3) is 1.40. The minimum absolute atomic E-state index is 0.00250. The third-order valence-corrected chi connectivity index (χ3v) is 8.44. The van der Waals surface area contributed by atoms with Gasteiger partial charge in [-0.25, -0.2) is 0 Å². The van der Waals surface area contributed by atoms with E-state index in [2.05, 4.69) is 27.7 Å². The standard InChI is InChI=1S/C19H28O5/c1-9(20)23-14-12(22)8-17(5)13-11-7-19(17,16(14,3)4)15(18(11,13)6)24-10(2)21/h11-15,22H,7-8H2,1-6H3/t11?,12-,13+,14-,15+,17+,18-,19-/m0/s1. The minimum Gasteiger partial charge on any atom is -0.461 e. The van der Waals surface area contributed by atoms with Crippen molar-refractivity contribution >= 4 is 11.9 Å². The summed E-state index contributed by atoms with van der Waals surface area (Å²) in [6, 6.07) is 0. The molecule has 0 amide bonds. The van der Waals surface area contributed by atoms with Gasteiger partial charge in [-0.15, -0.1) is 0 Å². The molecular weight excluding hydrogens is 308 g/mol. The van der Waals surface area contributed by atoms with Crippen LogP contribution in [0, 0.1) is 33.5 Å². The first-order chi connectivity index (χ1) is 10.9. The van der Waals surface area contributed by atoms with E-state index in [9.17, 15) is 14.7 Å². The molecule has 134 valence electrons. The molecule has 5 rings (SSSR count). The molecule has 1 unspecified atom stereocenters. The molecule has 5 fully saturated rings. The summed E-state index contributed by atoms with van der Waals surface area (Å²) in [6.45, 7) is 11.5. The lowest BCUT2D eigenvalue weighted by atomic mass is 9.46. The van der Waals surface area contributed by atoms with Crippen LogP contribution >= 0.6 is 0 Å². The Morgan fingerprint density at radius 3 is 2.12 bits per heavy atom. The highest BCUT2D eigenvalue weighted by molar-refractivity contribution is 5.67. The molecule has 5 aliphatic carbocycles. The molecule has 0 heterocycles. The predicted molar refractivity (Wildman–Crippen MR) is 85.8 cm³/mol. The Hall–Kier alpha value is -1.10. The average molecular weight is 336 g/mol. The lowest BCUT2D eigenvalue weighted by Crippen LogP contribution is -2.65. The maximum atomic E-state index is 11.8. The van der Waals surface area contributed by atoms with Gasteiger partial charge in [0, 0.05) is 30.1 Å². The minimum atomic E-state index is -0.679. The maximum absolute atomic E-state index is 11.8. The van der Waals surface area contributed by atoms with Crippen LogP contribution in [-0.2, 0) is 19.1 Å². The first kappa shape index (κ1) is 16.4. The second kappa shape index (κ2) is 4.17. The van der Waals surface area contributed by atoms with Gasteiger partial charge in [0.05, 0.1) is 6.10 Å². The number of hydrogen-bond donors (Lipinski definition) is 1. The molecule has 5 nitrogen and oxygen atoms in total. The van der Waals surface area contributed by atoms with E-state index in [1.54, 1.807) is 0 Å². The van der Waals surface area contributed by atoms with Crippen molar-refractivity contribution in [3.8, 4) is 0 Å². The summed E-state index contributed by atoms with van der Waals surface area (Å²) in [7, 11) is 0. The molecule has 8 atom stereocenters. The van der Waals surface area contributed by atoms with Gasteiger partial charge in [-0.2, -0.15) is 0 Å². The summed E-state index contributed by atoms with van der Waals surface area (Å²) in [5.74, 6) is 0.389. The van der Waals surface area contributed by atoms with Crippen molar-refractivity contribution in [1.29, 1.82) is 0 Å². The van der Waals surface area contributed by atoms with Gasteiger partial charge in [0.25, 0.3) is 0 Å². The molecule has 24 heavy (non-hydrogen) atoms. The van der Waals surface area contributed by atoms with Gasteiger partial charge in [0.2, 0.25) is 0 Å². The van der Waals surface area contributed by atoms with E-state index >= 15 is 0 Å². The summed E-state index contributed by atoms with van der Waals surface area (Å²) in [5.41, 5.74) is -0.809. The summed E-state index contributed by atoms with van der Waals surface area (Å²) < 4.78 is 11.5. The monoisotopic (exact) mass is 336 g/mol. The molecule has 1 spiro atoms. The quantitative estimate of drug-likeness (QED) is 0.783. The number of esters is 2. The second-order valence-corrected chi connectivity index (χ2v) is 9.56. The van der Waals surface area contributed by atoms with Crippen LogP contribution in [0.3, 0.4) is 0 Å². The smallest absolute Gasteiger partial charge is 0.303 e. The van der Waals surface area contributed by atoms with Gasteiger partial charge < -0.3 is 14.6 Å². The fourth-order valence-corrected chi connectivity index (χ4v) is 7.97. The van der Waals surface area contributed by atoms with E-state index in [0.717, 1.165) is 6.42 Å². The molecule has 0 aromatic heterocycles. The SMILES string of the molecule is CC(=O)O[C@@H]1[C@@]2(C)C3C[C@@]14C(C)(C)[C@@H](OC(C)=O)[C@@H](O)C[C@]4(C)[C@@H]32. The lowest BCUT2D eigenvalue weighted by Gasteiger charge is -2.60. The Kier molecular flexibility index (Phi) is 2.84.